The zero-order valence-electron chi connectivity index (χ0n) is 14.7. The number of nitrogens with one attached hydrogen (secondary N) is 1. The summed E-state index contributed by atoms with van der Waals surface area (Å²) in [6, 6.07) is 4.44. The van der Waals surface area contributed by atoms with E-state index in [-0.39, 0.29) is 17.3 Å². The number of hydrogen-bond acceptors (Lipinski definition) is 6. The molecule has 1 aliphatic rings. The van der Waals surface area contributed by atoms with E-state index in [1.54, 1.807) is 0 Å². The molecule has 0 saturated carbocycles. The molecule has 1 aromatic rings. The number of hydroxylamine groups is 1. The highest BCUT2D eigenvalue weighted by Gasteiger charge is 2.43. The average Bonchev–Trinajstić information content (AvgIpc) is 2.66. The molecule has 0 aromatic heterocycles. The van der Waals surface area contributed by atoms with Crippen LogP contribution in [0, 0.1) is 0 Å². The third-order valence-electron chi connectivity index (χ3n) is 4.25. The maximum atomic E-state index is 12.9. The summed E-state index contributed by atoms with van der Waals surface area (Å²) in [6.45, 7) is 1.82. The highest BCUT2D eigenvalue weighted by atomic mass is 32.2. The van der Waals surface area contributed by atoms with Crippen molar-refractivity contribution in [3.63, 3.8) is 0 Å². The van der Waals surface area contributed by atoms with Crippen molar-refractivity contribution in [1.82, 2.24) is 14.7 Å². The summed E-state index contributed by atoms with van der Waals surface area (Å²) in [5.74, 6) is -0.775. The highest BCUT2D eigenvalue weighted by molar-refractivity contribution is 7.89. The molecular weight excluding hydrogens is 362 g/mol. The first-order valence-corrected chi connectivity index (χ1v) is 9.66. The van der Waals surface area contributed by atoms with Gasteiger partial charge < -0.3 is 9.64 Å². The number of sulfonamides is 1. The number of carbonyl (C=O) groups is 2. The van der Waals surface area contributed by atoms with Gasteiger partial charge in [0, 0.05) is 13.1 Å². The Morgan fingerprint density at radius 3 is 2.54 bits per heavy atom. The van der Waals surface area contributed by atoms with Crippen LogP contribution in [0.1, 0.15) is 19.8 Å². The lowest BCUT2D eigenvalue weighted by Crippen LogP contribution is -2.62. The summed E-state index contributed by atoms with van der Waals surface area (Å²) in [7, 11) is -2.65. The standard InChI is InChI=1S/C16H23N3O6S/c1-3-4-9-18-10-14(16(21)17-22)19(11-15(18)20)26(23,24)13-7-5-12(25-2)6-8-13/h5-8,14,22H,3-4,9-11H2,1-2H3,(H,17,21). The van der Waals surface area contributed by atoms with Crippen molar-refractivity contribution in [1.29, 1.82) is 0 Å². The van der Waals surface area contributed by atoms with Crippen LogP contribution < -0.4 is 10.2 Å². The van der Waals surface area contributed by atoms with Crippen molar-refractivity contribution in [3.05, 3.63) is 24.3 Å². The first-order valence-electron chi connectivity index (χ1n) is 8.22. The van der Waals surface area contributed by atoms with Crippen LogP contribution in [0.4, 0.5) is 0 Å². The van der Waals surface area contributed by atoms with Crippen LogP contribution in [0.5, 0.6) is 5.75 Å². The van der Waals surface area contributed by atoms with Crippen molar-refractivity contribution < 1.29 is 28.0 Å². The van der Waals surface area contributed by atoms with E-state index in [1.807, 2.05) is 6.92 Å². The van der Waals surface area contributed by atoms with Gasteiger partial charge in [-0.2, -0.15) is 4.31 Å². The second-order valence-electron chi connectivity index (χ2n) is 5.91. The van der Waals surface area contributed by atoms with Crippen molar-refractivity contribution in [2.45, 2.75) is 30.7 Å². The van der Waals surface area contributed by atoms with Gasteiger partial charge in [0.15, 0.2) is 0 Å². The van der Waals surface area contributed by atoms with Crippen LogP contribution in [0.2, 0.25) is 0 Å². The first-order chi connectivity index (χ1) is 12.3. The van der Waals surface area contributed by atoms with Crippen LogP contribution in [0.15, 0.2) is 29.2 Å². The van der Waals surface area contributed by atoms with Crippen molar-refractivity contribution >= 4 is 21.8 Å². The SMILES string of the molecule is CCCCN1CC(C(=O)NO)N(S(=O)(=O)c2ccc(OC)cc2)CC1=O. The maximum absolute atomic E-state index is 12.9. The maximum Gasteiger partial charge on any atom is 0.263 e. The fraction of sp³-hybridized carbons (Fsp3) is 0.500. The Morgan fingerprint density at radius 2 is 2.00 bits per heavy atom. The molecule has 0 aliphatic carbocycles. The number of methoxy groups -OCH3 is 1. The number of unbranched alkanes of at least 4 members (excludes halogenated alkanes) is 1. The van der Waals surface area contributed by atoms with Crippen LogP contribution in [0.25, 0.3) is 0 Å². The third kappa shape index (κ3) is 4.14. The molecule has 0 bridgehead atoms. The highest BCUT2D eigenvalue weighted by Crippen LogP contribution is 2.24. The summed E-state index contributed by atoms with van der Waals surface area (Å²) in [5.41, 5.74) is 1.49. The Morgan fingerprint density at radius 1 is 1.35 bits per heavy atom. The van der Waals surface area contributed by atoms with E-state index in [0.29, 0.717) is 12.3 Å². The van der Waals surface area contributed by atoms with E-state index in [2.05, 4.69) is 0 Å². The van der Waals surface area contributed by atoms with Gasteiger partial charge in [0.05, 0.1) is 18.6 Å². The van der Waals surface area contributed by atoms with Gasteiger partial charge in [-0.05, 0) is 30.7 Å². The van der Waals surface area contributed by atoms with E-state index >= 15 is 0 Å². The van der Waals surface area contributed by atoms with E-state index < -0.39 is 28.5 Å². The number of ether oxygens (including phenoxy) is 1. The number of piperazine rings is 1. The van der Waals surface area contributed by atoms with Gasteiger partial charge in [0.1, 0.15) is 11.8 Å². The molecular formula is C16H23N3O6S. The van der Waals surface area contributed by atoms with Crippen molar-refractivity contribution in [2.24, 2.45) is 0 Å². The van der Waals surface area contributed by atoms with Gasteiger partial charge in [-0.25, -0.2) is 13.9 Å². The fourth-order valence-electron chi connectivity index (χ4n) is 2.73. The lowest BCUT2D eigenvalue weighted by atomic mass is 10.2. The molecule has 2 N–H and O–H groups in total. The molecule has 1 fully saturated rings. The van der Waals surface area contributed by atoms with E-state index in [9.17, 15) is 18.0 Å². The van der Waals surface area contributed by atoms with Crippen LogP contribution in [-0.4, -0.2) is 67.4 Å². The quantitative estimate of drug-likeness (QED) is 0.512. The Labute approximate surface area is 152 Å². The van der Waals surface area contributed by atoms with E-state index in [0.717, 1.165) is 17.1 Å². The van der Waals surface area contributed by atoms with Crippen LogP contribution in [0.3, 0.4) is 0 Å². The zero-order valence-corrected chi connectivity index (χ0v) is 15.5. The van der Waals surface area contributed by atoms with E-state index in [4.69, 9.17) is 9.94 Å². The normalized spacial score (nSPS) is 18.7. The topological polar surface area (TPSA) is 116 Å². The Hall–Kier alpha value is -2.17. The molecule has 1 unspecified atom stereocenters. The van der Waals surface area contributed by atoms with Gasteiger partial charge in [-0.3, -0.25) is 14.8 Å². The largest absolute Gasteiger partial charge is 0.497 e. The molecule has 1 aliphatic heterocycles. The molecule has 1 atom stereocenters. The van der Waals surface area contributed by atoms with E-state index in [1.165, 1.54) is 41.8 Å². The molecule has 1 heterocycles. The fourth-order valence-corrected chi connectivity index (χ4v) is 4.26. The molecule has 10 heteroatoms. The van der Waals surface area contributed by atoms with Gasteiger partial charge in [-0.1, -0.05) is 13.3 Å². The number of carbonyl (C=O) groups excluding carboxylic acids is 2. The van der Waals surface area contributed by atoms with Crippen molar-refractivity contribution in [3.8, 4) is 5.75 Å². The van der Waals surface area contributed by atoms with Crippen LogP contribution in [-0.2, 0) is 19.6 Å². The second-order valence-corrected chi connectivity index (χ2v) is 7.80. The second kappa shape index (κ2) is 8.47. The third-order valence-corrected chi connectivity index (χ3v) is 6.11. The Bertz CT molecular complexity index is 750. The summed E-state index contributed by atoms with van der Waals surface area (Å²) in [4.78, 5) is 25.8. The molecule has 26 heavy (non-hydrogen) atoms. The molecule has 9 nitrogen and oxygen atoms in total. The molecule has 2 rings (SSSR count). The lowest BCUT2D eigenvalue weighted by Gasteiger charge is -2.38. The average molecular weight is 385 g/mol. The summed E-state index contributed by atoms with van der Waals surface area (Å²) >= 11 is 0. The minimum absolute atomic E-state index is 0.0659. The predicted molar refractivity (Wildman–Crippen MR) is 92.1 cm³/mol. The number of hydrogen-bond donors (Lipinski definition) is 2. The number of amides is 2. The Kier molecular flexibility index (Phi) is 6.57. The molecule has 0 spiro atoms. The minimum atomic E-state index is -4.11. The lowest BCUT2D eigenvalue weighted by molar-refractivity contribution is -0.143. The van der Waals surface area contributed by atoms with Gasteiger partial charge in [0.25, 0.3) is 5.91 Å². The number of benzene rings is 1. The first kappa shape index (κ1) is 20.1. The molecule has 0 radical (unpaired) electrons. The summed E-state index contributed by atoms with van der Waals surface area (Å²) in [5, 5.41) is 9.00. The molecule has 144 valence electrons. The summed E-state index contributed by atoms with van der Waals surface area (Å²) in [6.07, 6.45) is 1.60. The molecule has 1 aromatic carbocycles. The van der Waals surface area contributed by atoms with Crippen molar-refractivity contribution in [2.75, 3.05) is 26.7 Å². The van der Waals surface area contributed by atoms with Gasteiger partial charge in [0.2, 0.25) is 15.9 Å². The monoisotopic (exact) mass is 385 g/mol. The summed E-state index contributed by atoms with van der Waals surface area (Å²) < 4.78 is 31.7. The smallest absolute Gasteiger partial charge is 0.263 e. The predicted octanol–water partition coefficient (Wildman–Crippen LogP) is 0.202. The number of nitrogens with zero attached hydrogens (tertiary/aromatic N) is 2. The van der Waals surface area contributed by atoms with Crippen LogP contribution >= 0.6 is 0 Å². The van der Waals surface area contributed by atoms with Gasteiger partial charge >= 0.3 is 0 Å². The number of rotatable bonds is 7. The van der Waals surface area contributed by atoms with Gasteiger partial charge in [-0.15, -0.1) is 0 Å². The zero-order chi connectivity index (χ0) is 19.3. The molecule has 2 amide bonds. The Balaban J connectivity index is 2.34. The molecule has 1 saturated heterocycles. The minimum Gasteiger partial charge on any atom is -0.497 e.